The molecule has 7 heteroatoms. The van der Waals surface area contributed by atoms with Crippen LogP contribution in [-0.2, 0) is 15.7 Å². The van der Waals surface area contributed by atoms with Crippen molar-refractivity contribution in [2.24, 2.45) is 0 Å². The molecule has 2 rings (SSSR count). The van der Waals surface area contributed by atoms with E-state index in [1.807, 2.05) is 0 Å². The van der Waals surface area contributed by atoms with Gasteiger partial charge in [0, 0.05) is 0 Å². The summed E-state index contributed by atoms with van der Waals surface area (Å²) in [6.45, 7) is 0. The average Bonchev–Trinajstić information content (AvgIpc) is 2.35. The fourth-order valence-electron chi connectivity index (χ4n) is 2.05. The van der Waals surface area contributed by atoms with Crippen molar-refractivity contribution in [3.05, 3.63) is 0 Å². The van der Waals surface area contributed by atoms with E-state index in [-0.39, 0.29) is 16.0 Å². The van der Waals surface area contributed by atoms with Crippen LogP contribution in [0.25, 0.3) is 0 Å². The van der Waals surface area contributed by atoms with Crippen LogP contribution < -0.4 is 0 Å². The Balaban J connectivity index is 2.01. The molecule has 1 spiro atoms. The van der Waals surface area contributed by atoms with Gasteiger partial charge in [-0.15, -0.1) is 0 Å². The van der Waals surface area contributed by atoms with Gasteiger partial charge >= 0.3 is 121 Å². The molecule has 1 heterocycles. The van der Waals surface area contributed by atoms with Crippen LogP contribution in [0.1, 0.15) is 32.1 Å². The van der Waals surface area contributed by atoms with Crippen molar-refractivity contribution in [1.29, 1.82) is 0 Å². The fourth-order valence-corrected chi connectivity index (χ4v) is 7.16. The van der Waals surface area contributed by atoms with E-state index in [2.05, 4.69) is 0 Å². The predicted octanol–water partition coefficient (Wildman–Crippen LogP) is 1.21. The molecular formula is C10H16O4S2Sn. The van der Waals surface area contributed by atoms with E-state index < -0.39 is 22.0 Å². The van der Waals surface area contributed by atoms with Gasteiger partial charge in [0.2, 0.25) is 0 Å². The van der Waals surface area contributed by atoms with E-state index in [1.54, 1.807) is 23.5 Å². The quantitative estimate of drug-likeness (QED) is 0.587. The molecule has 4 nitrogen and oxygen atoms in total. The van der Waals surface area contributed by atoms with E-state index in [1.165, 1.54) is 19.3 Å². The van der Waals surface area contributed by atoms with E-state index in [9.17, 15) is 9.59 Å². The van der Waals surface area contributed by atoms with Crippen LogP contribution in [0.3, 0.4) is 0 Å². The average molecular weight is 383 g/mol. The first-order valence-electron chi connectivity index (χ1n) is 5.79. The van der Waals surface area contributed by atoms with Gasteiger partial charge in [-0.2, -0.15) is 0 Å². The molecule has 1 aliphatic carbocycles. The number of carbonyl (C=O) groups excluding carboxylic acids is 2. The van der Waals surface area contributed by atoms with Gasteiger partial charge in [-0.1, -0.05) is 0 Å². The summed E-state index contributed by atoms with van der Waals surface area (Å²) in [7, 11) is 0. The van der Waals surface area contributed by atoms with Crippen LogP contribution in [-0.4, -0.2) is 49.5 Å². The second-order valence-corrected chi connectivity index (χ2v) is 9.50. The summed E-state index contributed by atoms with van der Waals surface area (Å²) in [5.41, 5.74) is 0. The molecule has 0 unspecified atom stereocenters. The van der Waals surface area contributed by atoms with Gasteiger partial charge in [-0.05, 0) is 0 Å². The maximum absolute atomic E-state index is 11.4. The zero-order valence-electron chi connectivity index (χ0n) is 9.61. The Morgan fingerprint density at radius 2 is 1.47 bits per heavy atom. The minimum atomic E-state index is -2.06. The molecule has 0 radical (unpaired) electrons. The summed E-state index contributed by atoms with van der Waals surface area (Å²) >= 11 is 1.27. The molecular weight excluding hydrogens is 367 g/mol. The summed E-state index contributed by atoms with van der Waals surface area (Å²) in [6.07, 6.45) is 5.78. The molecule has 1 saturated heterocycles. The Hall–Kier alpha value is 0.439. The Morgan fingerprint density at radius 1 is 0.941 bits per heavy atom. The number of thioether (sulfide) groups is 2. The van der Waals surface area contributed by atoms with E-state index in [4.69, 9.17) is 6.15 Å². The van der Waals surface area contributed by atoms with Crippen molar-refractivity contribution in [2.45, 2.75) is 36.2 Å². The topological polar surface area (TPSA) is 52.6 Å². The normalized spacial score (nSPS) is 26.1. The van der Waals surface area contributed by atoms with Gasteiger partial charge in [0.1, 0.15) is 0 Å². The third-order valence-electron chi connectivity index (χ3n) is 2.96. The molecule has 2 fully saturated rings. The third kappa shape index (κ3) is 4.24. The van der Waals surface area contributed by atoms with Crippen LogP contribution in [0, 0.1) is 0 Å². The molecule has 0 amide bonds. The van der Waals surface area contributed by atoms with Crippen LogP contribution >= 0.6 is 23.5 Å². The van der Waals surface area contributed by atoms with Crippen molar-refractivity contribution in [1.82, 2.24) is 0 Å². The number of hydrogen-bond donors (Lipinski definition) is 0. The van der Waals surface area contributed by atoms with Crippen molar-refractivity contribution in [3.8, 4) is 0 Å². The summed E-state index contributed by atoms with van der Waals surface area (Å²) in [5.74, 6) is 0.403. The zero-order valence-corrected chi connectivity index (χ0v) is 15.3. The standard InChI is InChI=1S/C10H16O4S2.Sn.2H/c11-8(12)6-15-10(16-7-9(13)14)4-2-1-3-5-10;;;/h1-7H2,(H,11,12)(H,13,14);;;/q;+2;;/p-2. The Kier molecular flexibility index (Phi) is 5.35. The Morgan fingerprint density at radius 3 is 2.00 bits per heavy atom. The molecule has 0 bridgehead atoms. The van der Waals surface area contributed by atoms with Gasteiger partial charge in [0.25, 0.3) is 0 Å². The molecule has 0 aromatic rings. The first-order chi connectivity index (χ1) is 8.20. The summed E-state index contributed by atoms with van der Waals surface area (Å²) in [6, 6.07) is 0. The molecule has 0 N–H and O–H groups in total. The summed E-state index contributed by atoms with van der Waals surface area (Å²) in [5, 5.41) is 0. The van der Waals surface area contributed by atoms with Gasteiger partial charge in [0.05, 0.1) is 0 Å². The number of rotatable bonds is 0. The first kappa shape index (κ1) is 13.9. The zero-order chi connectivity index (χ0) is 12.1. The van der Waals surface area contributed by atoms with Crippen molar-refractivity contribution < 1.29 is 15.7 Å². The van der Waals surface area contributed by atoms with Crippen LogP contribution in [0.2, 0.25) is 0 Å². The third-order valence-corrected chi connectivity index (χ3v) is 8.81. The monoisotopic (exact) mass is 384 g/mol. The minimum absolute atomic E-state index is 0.0309. The second-order valence-electron chi connectivity index (χ2n) is 4.20. The van der Waals surface area contributed by atoms with E-state index in [0.29, 0.717) is 11.5 Å². The van der Waals surface area contributed by atoms with Gasteiger partial charge < -0.3 is 0 Å². The van der Waals surface area contributed by atoms with Crippen molar-refractivity contribution in [2.75, 3.05) is 11.5 Å². The first-order valence-corrected chi connectivity index (χ1v) is 11.1. The molecule has 17 heavy (non-hydrogen) atoms. The van der Waals surface area contributed by atoms with Crippen LogP contribution in [0.15, 0.2) is 0 Å². The van der Waals surface area contributed by atoms with Crippen LogP contribution in [0.5, 0.6) is 0 Å². The molecule has 1 aliphatic heterocycles. The number of hydrogen-bond acceptors (Lipinski definition) is 6. The van der Waals surface area contributed by atoms with Gasteiger partial charge in [-0.25, -0.2) is 0 Å². The molecule has 96 valence electrons. The second kappa shape index (κ2) is 6.56. The summed E-state index contributed by atoms with van der Waals surface area (Å²) < 4.78 is 10.1. The van der Waals surface area contributed by atoms with Gasteiger partial charge in [-0.3, -0.25) is 0 Å². The van der Waals surface area contributed by atoms with Gasteiger partial charge in [0.15, 0.2) is 0 Å². The van der Waals surface area contributed by atoms with E-state index in [0.717, 1.165) is 12.8 Å². The predicted molar refractivity (Wildman–Crippen MR) is 71.5 cm³/mol. The van der Waals surface area contributed by atoms with Crippen LogP contribution in [0.4, 0.5) is 0 Å². The molecule has 1 saturated carbocycles. The molecule has 0 atom stereocenters. The fraction of sp³-hybridized carbons (Fsp3) is 0.800. The summed E-state index contributed by atoms with van der Waals surface area (Å²) in [4.78, 5) is 22.9. The van der Waals surface area contributed by atoms with E-state index >= 15 is 0 Å². The van der Waals surface area contributed by atoms with Crippen molar-refractivity contribution >= 4 is 57.4 Å². The number of carbonyl (C=O) groups is 2. The Bertz CT molecular complexity index is 283. The molecule has 0 aromatic heterocycles. The Labute approximate surface area is 120 Å². The molecule has 2 aliphatic rings. The van der Waals surface area contributed by atoms with Crippen molar-refractivity contribution in [3.63, 3.8) is 0 Å². The molecule has 0 aromatic carbocycles. The SMILES string of the molecule is O=C1CSC2(CCCCC2)SCC(=O)[O][SnH2][O]1. The maximum atomic E-state index is 11.4.